The van der Waals surface area contributed by atoms with Crippen molar-refractivity contribution >= 4 is 37.6 Å². The van der Waals surface area contributed by atoms with Crippen LogP contribution < -0.4 is 5.32 Å². The molecule has 0 radical (unpaired) electrons. The van der Waals surface area contributed by atoms with E-state index in [4.69, 9.17) is 5.11 Å². The van der Waals surface area contributed by atoms with E-state index in [1.165, 1.54) is 0 Å². The summed E-state index contributed by atoms with van der Waals surface area (Å²) in [6.07, 6.45) is 0. The monoisotopic (exact) mass is 415 g/mol. The van der Waals surface area contributed by atoms with Gasteiger partial charge in [-0.25, -0.2) is 9.97 Å². The summed E-state index contributed by atoms with van der Waals surface area (Å²) < 4.78 is 1.44. The smallest absolute Gasteiger partial charge is 0.194 e. The number of carbonyl (C=O) groups excluding carboxylic acids is 1. The Hall–Kier alpha value is -1.15. The molecule has 0 unspecified atom stereocenters. The number of nitrogens with zero attached hydrogens (tertiary/aromatic N) is 2. The SMILES string of the molecule is CNCC(=O)c1cccc(Br)n1.OCc1cccc(Br)n1. The van der Waals surface area contributed by atoms with Gasteiger partial charge in [0.25, 0.3) is 0 Å². The molecule has 0 atom stereocenters. The molecule has 2 aromatic rings. The Bertz CT molecular complexity index is 594. The number of rotatable bonds is 4. The zero-order valence-corrected chi connectivity index (χ0v) is 14.6. The number of hydrogen-bond acceptors (Lipinski definition) is 5. The Morgan fingerprint density at radius 3 is 2.24 bits per heavy atom. The van der Waals surface area contributed by atoms with Gasteiger partial charge in [0.1, 0.15) is 14.9 Å². The van der Waals surface area contributed by atoms with Crippen LogP contribution in [0.3, 0.4) is 0 Å². The van der Waals surface area contributed by atoms with Gasteiger partial charge >= 0.3 is 0 Å². The van der Waals surface area contributed by atoms with Crippen molar-refractivity contribution in [3.63, 3.8) is 0 Å². The van der Waals surface area contributed by atoms with E-state index in [1.54, 1.807) is 31.3 Å². The Morgan fingerprint density at radius 1 is 1.14 bits per heavy atom. The van der Waals surface area contributed by atoms with E-state index in [-0.39, 0.29) is 12.4 Å². The number of aromatic nitrogens is 2. The van der Waals surface area contributed by atoms with Gasteiger partial charge in [0.2, 0.25) is 0 Å². The molecular weight excluding hydrogens is 402 g/mol. The molecule has 0 aromatic carbocycles. The topological polar surface area (TPSA) is 75.1 Å². The van der Waals surface area contributed by atoms with E-state index in [1.807, 2.05) is 12.1 Å². The highest BCUT2D eigenvalue weighted by molar-refractivity contribution is 9.10. The van der Waals surface area contributed by atoms with Gasteiger partial charge in [-0.15, -0.1) is 0 Å². The summed E-state index contributed by atoms with van der Waals surface area (Å²) in [5.41, 5.74) is 1.17. The van der Waals surface area contributed by atoms with Crippen LogP contribution in [0.5, 0.6) is 0 Å². The Labute approximate surface area is 140 Å². The summed E-state index contributed by atoms with van der Waals surface area (Å²) >= 11 is 6.38. The first-order valence-electron chi connectivity index (χ1n) is 6.09. The van der Waals surface area contributed by atoms with Crippen LogP contribution in [0.4, 0.5) is 0 Å². The molecule has 0 amide bonds. The average molecular weight is 417 g/mol. The second-order valence-electron chi connectivity index (χ2n) is 3.91. The minimum atomic E-state index is -0.00111. The number of Topliss-reactive ketones (excluding diaryl/α,β-unsaturated/α-hetero) is 1. The predicted octanol–water partition coefficient (Wildman–Crippen LogP) is 2.58. The highest BCUT2D eigenvalue weighted by Gasteiger charge is 2.05. The lowest BCUT2D eigenvalue weighted by atomic mass is 10.2. The third kappa shape index (κ3) is 6.90. The number of nitrogens with one attached hydrogen (secondary N) is 1. The first-order chi connectivity index (χ1) is 10.1. The van der Waals surface area contributed by atoms with E-state index < -0.39 is 0 Å². The van der Waals surface area contributed by atoms with Crippen molar-refractivity contribution in [1.29, 1.82) is 0 Å². The Morgan fingerprint density at radius 2 is 1.76 bits per heavy atom. The molecule has 0 aliphatic heterocycles. The second-order valence-corrected chi connectivity index (χ2v) is 5.53. The maximum absolute atomic E-state index is 11.3. The standard InChI is InChI=1S/C8H9BrN2O.C6H6BrNO/c1-10-5-7(12)6-3-2-4-8(9)11-6;7-6-3-1-2-5(4-9)8-6/h2-4,10H,5H2,1H3;1-3,9H,4H2. The van der Waals surface area contributed by atoms with Crippen molar-refractivity contribution in [2.75, 3.05) is 13.6 Å². The summed E-state index contributed by atoms with van der Waals surface area (Å²) in [5, 5.41) is 11.4. The number of ketones is 1. The van der Waals surface area contributed by atoms with Crippen LogP contribution in [0.1, 0.15) is 16.2 Å². The molecule has 0 saturated heterocycles. The number of carbonyl (C=O) groups is 1. The largest absolute Gasteiger partial charge is 0.390 e. The number of halogens is 2. The highest BCUT2D eigenvalue weighted by atomic mass is 79.9. The molecule has 0 bridgehead atoms. The number of pyridine rings is 2. The fraction of sp³-hybridized carbons (Fsp3) is 0.214. The van der Waals surface area contributed by atoms with Crippen LogP contribution in [0.25, 0.3) is 0 Å². The minimum Gasteiger partial charge on any atom is -0.390 e. The molecule has 112 valence electrons. The van der Waals surface area contributed by atoms with Crippen molar-refractivity contribution in [3.05, 3.63) is 57.0 Å². The molecule has 0 spiro atoms. The number of likely N-dealkylation sites (N-methyl/N-ethyl adjacent to an activating group) is 1. The van der Waals surface area contributed by atoms with Crippen LogP contribution in [0.2, 0.25) is 0 Å². The molecule has 0 saturated carbocycles. The van der Waals surface area contributed by atoms with E-state index in [0.717, 1.165) is 4.60 Å². The van der Waals surface area contributed by atoms with Crippen molar-refractivity contribution in [3.8, 4) is 0 Å². The molecule has 5 nitrogen and oxygen atoms in total. The zero-order chi connectivity index (χ0) is 15.7. The third-order valence-corrected chi connectivity index (χ3v) is 3.16. The zero-order valence-electron chi connectivity index (χ0n) is 11.4. The lowest BCUT2D eigenvalue weighted by Crippen LogP contribution is -2.19. The fourth-order valence-electron chi connectivity index (χ4n) is 1.35. The molecule has 2 rings (SSSR count). The van der Waals surface area contributed by atoms with Crippen molar-refractivity contribution in [1.82, 2.24) is 15.3 Å². The fourth-order valence-corrected chi connectivity index (χ4v) is 2.08. The highest BCUT2D eigenvalue weighted by Crippen LogP contribution is 2.06. The maximum Gasteiger partial charge on any atom is 0.194 e. The van der Waals surface area contributed by atoms with Crippen molar-refractivity contribution < 1.29 is 9.90 Å². The first kappa shape index (κ1) is 17.9. The van der Waals surface area contributed by atoms with Gasteiger partial charge in [-0.2, -0.15) is 0 Å². The average Bonchev–Trinajstić information content (AvgIpc) is 2.48. The Kier molecular flexibility index (Phi) is 8.29. The van der Waals surface area contributed by atoms with E-state index in [0.29, 0.717) is 22.5 Å². The maximum atomic E-state index is 11.3. The molecule has 2 aromatic heterocycles. The second kappa shape index (κ2) is 9.73. The van der Waals surface area contributed by atoms with Gasteiger partial charge in [-0.1, -0.05) is 12.1 Å². The van der Waals surface area contributed by atoms with Crippen LogP contribution in [0.15, 0.2) is 45.6 Å². The normalized spacial score (nSPS) is 9.71. The molecule has 0 fully saturated rings. The summed E-state index contributed by atoms with van der Waals surface area (Å²) in [6, 6.07) is 10.7. The van der Waals surface area contributed by atoms with Gasteiger partial charge in [-0.05, 0) is 63.2 Å². The van der Waals surface area contributed by atoms with Crippen LogP contribution >= 0.6 is 31.9 Å². The molecule has 2 heterocycles. The summed E-state index contributed by atoms with van der Waals surface area (Å²) in [6.45, 7) is 0.322. The summed E-state index contributed by atoms with van der Waals surface area (Å²) in [7, 11) is 1.73. The van der Waals surface area contributed by atoms with E-state index >= 15 is 0 Å². The van der Waals surface area contributed by atoms with Gasteiger partial charge < -0.3 is 10.4 Å². The summed E-state index contributed by atoms with van der Waals surface area (Å²) in [4.78, 5) is 19.2. The molecule has 7 heteroatoms. The van der Waals surface area contributed by atoms with Crippen molar-refractivity contribution in [2.45, 2.75) is 6.61 Å². The third-order valence-electron chi connectivity index (χ3n) is 2.27. The van der Waals surface area contributed by atoms with E-state index in [9.17, 15) is 4.79 Å². The minimum absolute atomic E-state index is 0.000556. The molecule has 0 aliphatic carbocycles. The Balaban J connectivity index is 0.000000219. The number of aliphatic hydroxyl groups excluding tert-OH is 1. The van der Waals surface area contributed by atoms with Gasteiger partial charge in [0, 0.05) is 0 Å². The molecule has 0 aliphatic rings. The quantitative estimate of drug-likeness (QED) is 0.591. The molecular formula is C14H15Br2N3O2. The number of hydrogen-bond donors (Lipinski definition) is 2. The summed E-state index contributed by atoms with van der Waals surface area (Å²) in [5.74, 6) is -0.00111. The van der Waals surface area contributed by atoms with Gasteiger partial charge in [0.05, 0.1) is 18.8 Å². The number of aliphatic hydroxyl groups is 1. The lowest BCUT2D eigenvalue weighted by molar-refractivity contribution is 0.0988. The predicted molar refractivity (Wildman–Crippen MR) is 88.1 cm³/mol. The van der Waals surface area contributed by atoms with Crippen LogP contribution in [0, 0.1) is 0 Å². The first-order valence-corrected chi connectivity index (χ1v) is 7.68. The van der Waals surface area contributed by atoms with Gasteiger partial charge in [-0.3, -0.25) is 4.79 Å². The lowest BCUT2D eigenvalue weighted by Gasteiger charge is -1.98. The van der Waals surface area contributed by atoms with Crippen molar-refractivity contribution in [2.24, 2.45) is 0 Å². The van der Waals surface area contributed by atoms with Crippen LogP contribution in [-0.2, 0) is 6.61 Å². The van der Waals surface area contributed by atoms with Gasteiger partial charge in [0.15, 0.2) is 5.78 Å². The van der Waals surface area contributed by atoms with Crippen LogP contribution in [-0.4, -0.2) is 34.5 Å². The molecule has 21 heavy (non-hydrogen) atoms. The molecule has 2 N–H and O–H groups in total. The van der Waals surface area contributed by atoms with E-state index in [2.05, 4.69) is 47.1 Å².